The van der Waals surface area contributed by atoms with E-state index in [4.69, 9.17) is 0 Å². The molecule has 0 unspecified atom stereocenters. The van der Waals surface area contributed by atoms with Crippen molar-refractivity contribution in [3.8, 4) is 22.6 Å². The van der Waals surface area contributed by atoms with Gasteiger partial charge in [-0.25, -0.2) is 4.98 Å². The van der Waals surface area contributed by atoms with E-state index in [2.05, 4.69) is 73.3 Å². The van der Waals surface area contributed by atoms with Crippen LogP contribution in [0.3, 0.4) is 0 Å². The summed E-state index contributed by atoms with van der Waals surface area (Å²) in [6.07, 6.45) is 0. The Hall–Kier alpha value is -3.27. The first-order valence-electron chi connectivity index (χ1n) is 10.3. The van der Waals surface area contributed by atoms with Gasteiger partial charge in [-0.3, -0.25) is 4.98 Å². The molecule has 0 aliphatic carbocycles. The second kappa shape index (κ2) is 10.6. The zero-order valence-corrected chi connectivity index (χ0v) is 20.0. The molecule has 5 heteroatoms. The summed E-state index contributed by atoms with van der Waals surface area (Å²) in [5.74, 6) is 0. The van der Waals surface area contributed by atoms with Crippen LogP contribution < -0.4 is 4.98 Å². The van der Waals surface area contributed by atoms with Gasteiger partial charge in [0.05, 0.1) is 11.4 Å². The van der Waals surface area contributed by atoms with Gasteiger partial charge in [-0.15, -0.1) is 46.9 Å². The summed E-state index contributed by atoms with van der Waals surface area (Å²) in [5, 5.41) is 2.50. The van der Waals surface area contributed by atoms with Crippen LogP contribution in [0.1, 0.15) is 0 Å². The van der Waals surface area contributed by atoms with Crippen molar-refractivity contribution in [2.75, 3.05) is 0 Å². The Balaban J connectivity index is 0.000000162. The quantitative estimate of drug-likeness (QED) is 0.133. The number of pyridine rings is 2. The summed E-state index contributed by atoms with van der Waals surface area (Å²) in [7, 11) is 0. The summed E-state index contributed by atoms with van der Waals surface area (Å²) in [5.41, 5.74) is 5.77. The third-order valence-electron chi connectivity index (χ3n) is 5.05. The zero-order valence-electron chi connectivity index (χ0n) is 17.4. The first kappa shape index (κ1) is 22.9. The molecule has 6 rings (SSSR count). The molecule has 3 aromatic carbocycles. The number of nitrogens with zero attached hydrogens (tertiary/aromatic N) is 3. The molecule has 0 saturated heterocycles. The van der Waals surface area contributed by atoms with Gasteiger partial charge in [0.1, 0.15) is 4.60 Å². The van der Waals surface area contributed by atoms with Gasteiger partial charge in [0.15, 0.2) is 0 Å². The van der Waals surface area contributed by atoms with Crippen molar-refractivity contribution < 1.29 is 16.5 Å². The largest absolute Gasteiger partial charge is 2.00 e. The van der Waals surface area contributed by atoms with Crippen LogP contribution in [0.4, 0.5) is 0 Å². The molecule has 3 aromatic heterocycles. The van der Waals surface area contributed by atoms with E-state index in [0.717, 1.165) is 38.3 Å². The molecule has 0 aliphatic heterocycles. The van der Waals surface area contributed by atoms with Crippen molar-refractivity contribution in [3.63, 3.8) is 0 Å². The van der Waals surface area contributed by atoms with Crippen LogP contribution in [-0.4, -0.2) is 9.97 Å². The van der Waals surface area contributed by atoms with Gasteiger partial charge in [-0.2, -0.15) is 0 Å². The van der Waals surface area contributed by atoms with Crippen molar-refractivity contribution in [1.82, 2.24) is 15.0 Å². The van der Waals surface area contributed by atoms with Gasteiger partial charge < -0.3 is 4.98 Å². The zero-order chi connectivity index (χ0) is 21.8. The van der Waals surface area contributed by atoms with Gasteiger partial charge in [-0.1, -0.05) is 66.7 Å². The Morgan fingerprint density at radius 2 is 1.15 bits per heavy atom. The monoisotopic (exact) mass is 533 g/mol. The van der Waals surface area contributed by atoms with Crippen molar-refractivity contribution in [3.05, 3.63) is 120 Å². The number of benzene rings is 3. The molecule has 0 atom stereocenters. The summed E-state index contributed by atoms with van der Waals surface area (Å²) in [4.78, 5) is 13.6. The van der Waals surface area contributed by atoms with Crippen LogP contribution in [0, 0.1) is 6.07 Å². The molecule has 0 saturated carbocycles. The van der Waals surface area contributed by atoms with Gasteiger partial charge in [0.2, 0.25) is 0 Å². The van der Waals surface area contributed by atoms with Gasteiger partial charge in [0, 0.05) is 0 Å². The molecule has 33 heavy (non-hydrogen) atoms. The Morgan fingerprint density at radius 3 is 1.79 bits per heavy atom. The number of rotatable bonds is 2. The summed E-state index contributed by atoms with van der Waals surface area (Å²) < 4.78 is 0.809. The maximum atomic E-state index is 4.64. The van der Waals surface area contributed by atoms with E-state index in [1.165, 1.54) is 10.8 Å². The molecule has 0 aliphatic rings. The van der Waals surface area contributed by atoms with E-state index in [-0.39, 0.29) is 16.5 Å². The average Bonchev–Trinajstić information content (AvgIpc) is 3.24. The number of halogens is 1. The van der Waals surface area contributed by atoms with Gasteiger partial charge in [-0.05, 0) is 50.6 Å². The Labute approximate surface area is 211 Å². The molecule has 162 valence electrons. The van der Waals surface area contributed by atoms with Crippen LogP contribution in [0.25, 0.3) is 44.5 Å². The molecule has 3 heterocycles. The molecule has 0 amide bonds. The number of aromatic nitrogens is 3. The van der Waals surface area contributed by atoms with Crippen molar-refractivity contribution >= 4 is 37.7 Å². The van der Waals surface area contributed by atoms with Crippen LogP contribution in [0.15, 0.2) is 114 Å². The van der Waals surface area contributed by atoms with Gasteiger partial charge >= 0.3 is 16.5 Å². The third kappa shape index (κ3) is 5.22. The minimum Gasteiger partial charge on any atom is -0.657 e. The van der Waals surface area contributed by atoms with Crippen LogP contribution in [-0.2, 0) is 16.5 Å². The van der Waals surface area contributed by atoms with Crippen molar-refractivity contribution in [1.29, 1.82) is 0 Å². The van der Waals surface area contributed by atoms with Gasteiger partial charge in [0.25, 0.3) is 0 Å². The molecule has 0 radical (unpaired) electrons. The van der Waals surface area contributed by atoms with E-state index in [9.17, 15) is 0 Å². The topological polar surface area (TPSA) is 39.9 Å². The Kier molecular flexibility index (Phi) is 7.34. The number of hydrogen-bond donors (Lipinski definition) is 0. The van der Waals surface area contributed by atoms with E-state index < -0.39 is 0 Å². The maximum absolute atomic E-state index is 4.64. The maximum Gasteiger partial charge on any atom is 2.00 e. The molecular weight excluding hydrogens is 517 g/mol. The first-order chi connectivity index (χ1) is 15.8. The van der Waals surface area contributed by atoms with Crippen molar-refractivity contribution in [2.24, 2.45) is 0 Å². The predicted molar refractivity (Wildman–Crippen MR) is 134 cm³/mol. The number of fused-ring (bicyclic) bond motifs is 3. The van der Waals surface area contributed by atoms with E-state index in [1.54, 1.807) is 0 Å². The van der Waals surface area contributed by atoms with Crippen molar-refractivity contribution in [2.45, 2.75) is 0 Å². The van der Waals surface area contributed by atoms with Crippen LogP contribution in [0.5, 0.6) is 0 Å². The minimum atomic E-state index is 0. The van der Waals surface area contributed by atoms with E-state index >= 15 is 0 Å². The number of para-hydroxylation sites is 2. The van der Waals surface area contributed by atoms with E-state index in [0.29, 0.717) is 0 Å². The normalized spacial score (nSPS) is 10.3. The third-order valence-corrected chi connectivity index (χ3v) is 5.49. The molecule has 3 nitrogen and oxygen atoms in total. The predicted octanol–water partition coefficient (Wildman–Crippen LogP) is 7.32. The molecule has 0 bridgehead atoms. The molecular formula is C28H18BrN3Ni. The molecule has 0 fully saturated rings. The summed E-state index contributed by atoms with van der Waals surface area (Å²) in [6, 6.07) is 39.2. The second-order valence-corrected chi connectivity index (χ2v) is 7.99. The fraction of sp³-hybridized carbons (Fsp3) is 0. The Morgan fingerprint density at radius 1 is 0.576 bits per heavy atom. The number of hydrogen-bond acceptors (Lipinski definition) is 2. The smallest absolute Gasteiger partial charge is 0.657 e. The molecule has 0 spiro atoms. The fourth-order valence-corrected chi connectivity index (χ4v) is 3.90. The first-order valence-corrected chi connectivity index (χ1v) is 11.0. The van der Waals surface area contributed by atoms with E-state index in [1.807, 2.05) is 72.8 Å². The van der Waals surface area contributed by atoms with Crippen LogP contribution >= 0.6 is 15.9 Å². The molecule has 6 aromatic rings. The summed E-state index contributed by atoms with van der Waals surface area (Å²) >= 11 is 3.38. The second-order valence-electron chi connectivity index (χ2n) is 7.18. The fourth-order valence-electron chi connectivity index (χ4n) is 3.56. The van der Waals surface area contributed by atoms with Crippen LogP contribution in [0.2, 0.25) is 0 Å². The average molecular weight is 535 g/mol. The SMILES string of the molecule is Brc1cccc(-c2cccc(-c3[c-]cccc3)n2)n1.[Ni+2].c1ccc2c(c1)[n-]c1ccccc12. The molecule has 0 N–H and O–H groups in total. The minimum absolute atomic E-state index is 0. The summed E-state index contributed by atoms with van der Waals surface area (Å²) in [6.45, 7) is 0. The Bertz CT molecular complexity index is 1450. The standard InChI is InChI=1S/C16H10BrN2.C12H8N.Ni/c17-16-11-5-10-15(19-16)14-9-4-8-13(18-14)12-6-2-1-3-7-12;1-3-7-11-9(5-1)10-6-2-4-8-12(10)13-11;/h1-6,8-11H;1-8H;/q2*-1;+2.